The lowest BCUT2D eigenvalue weighted by molar-refractivity contribution is -0.119. The smallest absolute Gasteiger partial charge is 0.277 e. The quantitative estimate of drug-likeness (QED) is 0.327. The van der Waals surface area contributed by atoms with Crippen molar-refractivity contribution in [3.8, 4) is 0 Å². The molecule has 0 aliphatic heterocycles. The molecule has 0 radical (unpaired) electrons. The number of amides is 1. The van der Waals surface area contributed by atoms with Crippen LogP contribution in [-0.4, -0.2) is 40.0 Å². The molecule has 0 spiro atoms. The highest BCUT2D eigenvalue weighted by Crippen LogP contribution is 2.32. The highest BCUT2D eigenvalue weighted by molar-refractivity contribution is 8.02. The number of thiocarbonyl (C=S) groups is 2. The molecule has 2 rings (SSSR count). The zero-order chi connectivity index (χ0) is 16.3. The Morgan fingerprint density at radius 3 is 2.05 bits per heavy atom. The maximum absolute atomic E-state index is 12.3. The van der Waals surface area contributed by atoms with Gasteiger partial charge in [-0.15, -0.1) is 0 Å². The first-order valence-corrected chi connectivity index (χ1v) is 9.02. The highest BCUT2D eigenvalue weighted by Gasteiger charge is 2.30. The lowest BCUT2D eigenvalue weighted by atomic mass is 10.4. The average molecular weight is 359 g/mol. The fourth-order valence-electron chi connectivity index (χ4n) is 1.87. The lowest BCUT2D eigenvalue weighted by Crippen LogP contribution is -2.44. The van der Waals surface area contributed by atoms with Gasteiger partial charge in [-0.3, -0.25) is 20.2 Å². The molecule has 122 valence electrons. The molecule has 0 aromatic carbocycles. The number of hydrogen-bond donors (Lipinski definition) is 2. The summed E-state index contributed by atoms with van der Waals surface area (Å²) in [5.74, 6) is 0.788. The van der Waals surface area contributed by atoms with Crippen molar-refractivity contribution in [3.05, 3.63) is 11.0 Å². The number of hydrogen-bond acceptors (Lipinski definition) is 5. The molecular weight excluding hydrogens is 336 g/mol. The fraction of sp³-hybridized carbons (Fsp3) is 0.643. The van der Waals surface area contributed by atoms with Gasteiger partial charge in [0.05, 0.1) is 14.9 Å². The van der Waals surface area contributed by atoms with Gasteiger partial charge in [0, 0.05) is 25.9 Å². The summed E-state index contributed by atoms with van der Waals surface area (Å²) in [6, 6.07) is 0. The van der Waals surface area contributed by atoms with Crippen LogP contribution in [0.25, 0.3) is 0 Å². The third-order valence-corrected chi connectivity index (χ3v) is 5.78. The fourth-order valence-corrected chi connectivity index (χ4v) is 3.08. The zero-order valence-electron chi connectivity index (χ0n) is 13.1. The van der Waals surface area contributed by atoms with Crippen molar-refractivity contribution >= 4 is 52.3 Å². The van der Waals surface area contributed by atoms with Gasteiger partial charge in [0.25, 0.3) is 5.91 Å². The Balaban J connectivity index is 1.78. The van der Waals surface area contributed by atoms with Crippen molar-refractivity contribution in [2.45, 2.75) is 32.6 Å². The summed E-state index contributed by atoms with van der Waals surface area (Å²) in [5, 5.41) is 3.46. The van der Waals surface area contributed by atoms with Crippen LogP contribution in [0.4, 0.5) is 0 Å². The monoisotopic (exact) mass is 358 g/mol. The maximum Gasteiger partial charge on any atom is 0.277 e. The van der Waals surface area contributed by atoms with Gasteiger partial charge in [-0.1, -0.05) is 30.5 Å². The van der Waals surface area contributed by atoms with E-state index in [9.17, 15) is 4.79 Å². The normalized spacial score (nSPS) is 17.9. The Labute approximate surface area is 146 Å². The first-order valence-electron chi connectivity index (χ1n) is 7.39. The van der Waals surface area contributed by atoms with E-state index in [0.717, 1.165) is 35.7 Å². The Morgan fingerprint density at radius 2 is 1.59 bits per heavy atom. The minimum absolute atomic E-state index is 0.170. The molecule has 0 saturated heterocycles. The molecule has 8 heteroatoms. The molecule has 0 aromatic rings. The second-order valence-corrected chi connectivity index (χ2v) is 7.29. The van der Waals surface area contributed by atoms with Crippen LogP contribution in [0.1, 0.15) is 32.6 Å². The van der Waals surface area contributed by atoms with Gasteiger partial charge in [-0.2, -0.15) is 4.83 Å². The number of allylic oxidation sites excluding steroid dienone is 1. The first kappa shape index (κ1) is 17.7. The summed E-state index contributed by atoms with van der Waals surface area (Å²) in [4.78, 5) is 17.6. The SMILES string of the molecule is CC=C(SNN(C)C(=S)C1CC1)C(=O)NN(C)C(=S)C1CC1. The van der Waals surface area contributed by atoms with E-state index in [1.807, 2.05) is 19.0 Å². The summed E-state index contributed by atoms with van der Waals surface area (Å²) in [6.45, 7) is 1.84. The van der Waals surface area contributed by atoms with Crippen LogP contribution in [0.5, 0.6) is 0 Å². The second-order valence-electron chi connectivity index (χ2n) is 5.63. The molecule has 22 heavy (non-hydrogen) atoms. The minimum Gasteiger partial charge on any atom is -0.295 e. The first-order chi connectivity index (χ1) is 10.4. The molecule has 0 unspecified atom stereocenters. The largest absolute Gasteiger partial charge is 0.295 e. The molecule has 0 atom stereocenters. The molecule has 0 aromatic heterocycles. The van der Waals surface area contributed by atoms with Crippen molar-refractivity contribution in [1.29, 1.82) is 0 Å². The van der Waals surface area contributed by atoms with Crippen LogP contribution in [-0.2, 0) is 4.79 Å². The van der Waals surface area contributed by atoms with Gasteiger partial charge in [0.2, 0.25) is 0 Å². The molecule has 2 aliphatic rings. The molecule has 0 heterocycles. The summed E-state index contributed by atoms with van der Waals surface area (Å²) in [7, 11) is 3.67. The van der Waals surface area contributed by atoms with Crippen LogP contribution in [0, 0.1) is 11.8 Å². The van der Waals surface area contributed by atoms with Crippen LogP contribution in [0.2, 0.25) is 0 Å². The van der Waals surface area contributed by atoms with E-state index in [-0.39, 0.29) is 5.91 Å². The van der Waals surface area contributed by atoms with Gasteiger partial charge in [0.15, 0.2) is 0 Å². The molecular formula is C14H22N4OS3. The summed E-state index contributed by atoms with van der Waals surface area (Å²) >= 11 is 11.9. The van der Waals surface area contributed by atoms with Crippen LogP contribution >= 0.6 is 36.4 Å². The van der Waals surface area contributed by atoms with Crippen molar-refractivity contribution in [2.75, 3.05) is 14.1 Å². The van der Waals surface area contributed by atoms with E-state index in [2.05, 4.69) is 10.3 Å². The Morgan fingerprint density at radius 1 is 1.09 bits per heavy atom. The van der Waals surface area contributed by atoms with Crippen LogP contribution in [0.15, 0.2) is 11.0 Å². The Bertz CT molecular complexity index is 500. The van der Waals surface area contributed by atoms with Crippen molar-refractivity contribution < 1.29 is 4.79 Å². The van der Waals surface area contributed by atoms with Crippen LogP contribution < -0.4 is 10.3 Å². The number of nitrogens with one attached hydrogen (secondary N) is 2. The van der Waals surface area contributed by atoms with E-state index in [4.69, 9.17) is 24.4 Å². The van der Waals surface area contributed by atoms with E-state index >= 15 is 0 Å². The molecule has 2 saturated carbocycles. The summed E-state index contributed by atoms with van der Waals surface area (Å²) in [6.07, 6.45) is 6.34. The molecule has 2 fully saturated rings. The minimum atomic E-state index is -0.170. The number of carbonyl (C=O) groups is 1. The standard InChI is InChI=1S/C14H22N4OS3/c1-4-11(22-16-18(3)14(21)10-7-8-10)12(19)15-17(2)13(20)9-5-6-9/h4,9-10,16H,5-8H2,1-3H3,(H,15,19). The molecule has 5 nitrogen and oxygen atoms in total. The molecule has 2 aliphatic carbocycles. The third kappa shape index (κ3) is 4.91. The van der Waals surface area contributed by atoms with E-state index in [1.165, 1.54) is 11.9 Å². The second kappa shape index (κ2) is 7.72. The Kier molecular flexibility index (Phi) is 6.19. The van der Waals surface area contributed by atoms with Gasteiger partial charge in [-0.05, 0) is 44.6 Å². The third-order valence-electron chi connectivity index (χ3n) is 3.56. The average Bonchev–Trinajstić information content (AvgIpc) is 3.38. The number of nitrogens with zero attached hydrogens (tertiary/aromatic N) is 2. The zero-order valence-corrected chi connectivity index (χ0v) is 15.5. The van der Waals surface area contributed by atoms with Crippen molar-refractivity contribution in [1.82, 2.24) is 20.3 Å². The molecule has 1 amide bonds. The highest BCUT2D eigenvalue weighted by atomic mass is 32.2. The predicted octanol–water partition coefficient (Wildman–Crippen LogP) is 2.41. The van der Waals surface area contributed by atoms with E-state index in [0.29, 0.717) is 16.7 Å². The van der Waals surface area contributed by atoms with Gasteiger partial charge in [0.1, 0.15) is 0 Å². The molecule has 2 N–H and O–H groups in total. The van der Waals surface area contributed by atoms with Gasteiger partial charge >= 0.3 is 0 Å². The van der Waals surface area contributed by atoms with E-state index < -0.39 is 0 Å². The van der Waals surface area contributed by atoms with Crippen molar-refractivity contribution in [3.63, 3.8) is 0 Å². The number of rotatable bonds is 6. The van der Waals surface area contributed by atoms with Gasteiger partial charge in [-0.25, -0.2) is 0 Å². The predicted molar refractivity (Wildman–Crippen MR) is 98.8 cm³/mol. The summed E-state index contributed by atoms with van der Waals surface area (Å²) < 4.78 is 0. The maximum atomic E-state index is 12.3. The van der Waals surface area contributed by atoms with Crippen molar-refractivity contribution in [2.24, 2.45) is 11.8 Å². The number of hydrazine groups is 2. The van der Waals surface area contributed by atoms with Gasteiger partial charge < -0.3 is 0 Å². The number of carbonyl (C=O) groups excluding carboxylic acids is 1. The molecule has 0 bridgehead atoms. The van der Waals surface area contributed by atoms with E-state index in [1.54, 1.807) is 18.1 Å². The summed E-state index contributed by atoms with van der Waals surface area (Å²) in [5.41, 5.74) is 2.81. The Hall–Kier alpha value is -0.700. The lowest BCUT2D eigenvalue weighted by Gasteiger charge is -2.23. The van der Waals surface area contributed by atoms with Crippen LogP contribution in [0.3, 0.4) is 0 Å². The topological polar surface area (TPSA) is 47.6 Å².